The van der Waals surface area contributed by atoms with Crippen LogP contribution in [0, 0.1) is 0 Å². The molecule has 2 aromatic carbocycles. The topological polar surface area (TPSA) is 118 Å². The van der Waals surface area contributed by atoms with Gasteiger partial charge in [-0.1, -0.05) is 24.3 Å². The number of aliphatic imine (C=N–C) groups is 1. The van der Waals surface area contributed by atoms with Crippen LogP contribution in [0.15, 0.2) is 53.5 Å². The zero-order valence-electron chi connectivity index (χ0n) is 23.2. The van der Waals surface area contributed by atoms with Crippen LogP contribution in [0.2, 0.25) is 0 Å². The Balaban J connectivity index is 1.50. The minimum absolute atomic E-state index is 0.0156. The number of nitrogens with zero attached hydrogens (tertiary/aromatic N) is 1. The molecule has 210 valence electrons. The van der Waals surface area contributed by atoms with E-state index in [1.165, 1.54) is 11.1 Å². The molecule has 1 amide bonds. The zero-order valence-corrected chi connectivity index (χ0v) is 23.2. The molecule has 1 heterocycles. The number of aliphatic hydroxyl groups excluding tert-OH is 1. The third kappa shape index (κ3) is 7.16. The first kappa shape index (κ1) is 28.6. The van der Waals surface area contributed by atoms with Gasteiger partial charge in [0.1, 0.15) is 17.5 Å². The number of nitrogens with one attached hydrogen (secondary N) is 2. The van der Waals surface area contributed by atoms with E-state index < -0.39 is 23.2 Å². The lowest BCUT2D eigenvalue weighted by atomic mass is 9.88. The van der Waals surface area contributed by atoms with Crippen molar-refractivity contribution in [3.05, 3.63) is 65.2 Å². The lowest BCUT2D eigenvalue weighted by Gasteiger charge is -2.29. The molecule has 2 aliphatic rings. The number of ether oxygens (including phenoxy) is 3. The van der Waals surface area contributed by atoms with E-state index in [1.807, 2.05) is 45.0 Å². The summed E-state index contributed by atoms with van der Waals surface area (Å²) in [5, 5.41) is 8.95. The molecular formula is C30H39N3O6. The molecule has 0 spiro atoms. The highest BCUT2D eigenvalue weighted by Gasteiger charge is 2.50. The fraction of sp³-hybridized carbons (Fsp3) is 0.500. The molecule has 1 aliphatic carbocycles. The summed E-state index contributed by atoms with van der Waals surface area (Å²) in [5.41, 5.74) is 7.36. The van der Waals surface area contributed by atoms with Gasteiger partial charge in [-0.2, -0.15) is 0 Å². The molecule has 4 rings (SSSR count). The van der Waals surface area contributed by atoms with Gasteiger partial charge < -0.3 is 19.3 Å². The summed E-state index contributed by atoms with van der Waals surface area (Å²) in [4.78, 5) is 31.1. The van der Waals surface area contributed by atoms with Crippen molar-refractivity contribution in [1.82, 2.24) is 10.9 Å². The van der Waals surface area contributed by atoms with Gasteiger partial charge in [0.25, 0.3) is 5.91 Å². The number of benzene rings is 2. The van der Waals surface area contributed by atoms with Gasteiger partial charge >= 0.3 is 5.97 Å². The number of fused-ring (bicyclic) bond motifs is 1. The number of carbonyl (C=O) groups is 2. The predicted octanol–water partition coefficient (Wildman–Crippen LogP) is 3.26. The van der Waals surface area contributed by atoms with Gasteiger partial charge in [0.2, 0.25) is 5.90 Å². The van der Waals surface area contributed by atoms with Gasteiger partial charge in [-0.3, -0.25) is 15.0 Å². The molecule has 0 saturated heterocycles. The molecule has 2 atom stereocenters. The number of hydrogen-bond acceptors (Lipinski definition) is 8. The molecule has 0 unspecified atom stereocenters. The second-order valence-corrected chi connectivity index (χ2v) is 11.1. The standard InChI is InChI=1S/C30H39N3O6/c1-20-30(15-14-26(35)39-29(2,3)4,28(36)33-32-24-18-22-8-5-6-9-23(22)19-24)31-27(38-20)21-10-12-25(13-11-21)37-17-7-16-34/h5-6,8-13,20,24,32,34H,7,14-19H2,1-4H3,(H,33,36)/t20-,30-/m0/s1. The van der Waals surface area contributed by atoms with Crippen LogP contribution in [0.5, 0.6) is 5.75 Å². The summed E-state index contributed by atoms with van der Waals surface area (Å²) in [6.07, 6.45) is 1.71. The van der Waals surface area contributed by atoms with E-state index in [-0.39, 0.29) is 31.4 Å². The van der Waals surface area contributed by atoms with Crippen LogP contribution >= 0.6 is 0 Å². The molecular weight excluding hydrogens is 498 g/mol. The van der Waals surface area contributed by atoms with Gasteiger partial charge in [-0.05, 0) is 82.3 Å². The Morgan fingerprint density at radius 1 is 1.10 bits per heavy atom. The third-order valence-electron chi connectivity index (χ3n) is 6.90. The molecule has 2 aromatic rings. The first-order valence-electron chi connectivity index (χ1n) is 13.5. The number of esters is 1. The second kappa shape index (κ2) is 12.2. The van der Waals surface area contributed by atoms with E-state index in [0.29, 0.717) is 30.2 Å². The van der Waals surface area contributed by atoms with E-state index in [0.717, 1.165) is 12.8 Å². The summed E-state index contributed by atoms with van der Waals surface area (Å²) in [6.45, 7) is 7.71. The summed E-state index contributed by atoms with van der Waals surface area (Å²) in [6, 6.07) is 15.5. The smallest absolute Gasteiger partial charge is 0.306 e. The Bertz CT molecular complexity index is 1160. The van der Waals surface area contributed by atoms with Crippen LogP contribution < -0.4 is 15.6 Å². The summed E-state index contributed by atoms with van der Waals surface area (Å²) < 4.78 is 17.2. The highest BCUT2D eigenvalue weighted by molar-refractivity contribution is 6.00. The number of hydrazine groups is 1. The molecule has 0 bridgehead atoms. The van der Waals surface area contributed by atoms with E-state index in [9.17, 15) is 9.59 Å². The quantitative estimate of drug-likeness (QED) is 0.229. The molecule has 9 nitrogen and oxygen atoms in total. The molecule has 3 N–H and O–H groups in total. The largest absolute Gasteiger partial charge is 0.494 e. The highest BCUT2D eigenvalue weighted by atomic mass is 16.6. The van der Waals surface area contributed by atoms with Crippen LogP contribution in [0.1, 0.15) is 63.6 Å². The van der Waals surface area contributed by atoms with Crippen molar-refractivity contribution in [2.45, 2.75) is 83.1 Å². The highest BCUT2D eigenvalue weighted by Crippen LogP contribution is 2.34. The fourth-order valence-electron chi connectivity index (χ4n) is 4.87. The van der Waals surface area contributed by atoms with Crippen molar-refractivity contribution in [3.63, 3.8) is 0 Å². The van der Waals surface area contributed by atoms with E-state index in [2.05, 4.69) is 23.0 Å². The Hall–Kier alpha value is -3.43. The van der Waals surface area contributed by atoms with Crippen molar-refractivity contribution in [2.75, 3.05) is 13.2 Å². The van der Waals surface area contributed by atoms with E-state index in [1.54, 1.807) is 19.1 Å². The van der Waals surface area contributed by atoms with Gasteiger partial charge in [0, 0.05) is 31.1 Å². The number of carbonyl (C=O) groups excluding carboxylic acids is 2. The molecule has 39 heavy (non-hydrogen) atoms. The molecule has 9 heteroatoms. The number of hydrogen-bond donors (Lipinski definition) is 3. The van der Waals surface area contributed by atoms with Gasteiger partial charge in [-0.15, -0.1) is 0 Å². The zero-order chi connectivity index (χ0) is 28.0. The van der Waals surface area contributed by atoms with Crippen LogP contribution in [0.25, 0.3) is 0 Å². The molecule has 0 radical (unpaired) electrons. The molecule has 0 fully saturated rings. The van der Waals surface area contributed by atoms with Gasteiger partial charge in [0.15, 0.2) is 5.54 Å². The second-order valence-electron chi connectivity index (χ2n) is 11.1. The van der Waals surface area contributed by atoms with Crippen molar-refractivity contribution in [1.29, 1.82) is 0 Å². The Morgan fingerprint density at radius 2 is 1.77 bits per heavy atom. The average molecular weight is 538 g/mol. The summed E-state index contributed by atoms with van der Waals surface area (Å²) in [7, 11) is 0. The van der Waals surface area contributed by atoms with Gasteiger partial charge in [0.05, 0.1) is 6.61 Å². The fourth-order valence-corrected chi connectivity index (χ4v) is 4.87. The Morgan fingerprint density at radius 3 is 2.38 bits per heavy atom. The molecule has 0 saturated carbocycles. The Kier molecular flexibility index (Phi) is 8.92. The van der Waals surface area contributed by atoms with Crippen molar-refractivity contribution in [2.24, 2.45) is 4.99 Å². The van der Waals surface area contributed by atoms with Crippen LogP contribution in [-0.4, -0.2) is 59.4 Å². The lowest BCUT2D eigenvalue weighted by molar-refractivity contribution is -0.155. The average Bonchev–Trinajstić information content (AvgIpc) is 3.47. The van der Waals surface area contributed by atoms with E-state index >= 15 is 0 Å². The van der Waals surface area contributed by atoms with Gasteiger partial charge in [-0.25, -0.2) is 10.4 Å². The van der Waals surface area contributed by atoms with Crippen molar-refractivity contribution < 1.29 is 28.9 Å². The van der Waals surface area contributed by atoms with Crippen molar-refractivity contribution >= 4 is 17.8 Å². The number of aliphatic hydroxyl groups is 1. The van der Waals surface area contributed by atoms with Crippen molar-refractivity contribution in [3.8, 4) is 5.75 Å². The van der Waals surface area contributed by atoms with Crippen LogP contribution in [-0.2, 0) is 31.9 Å². The minimum atomic E-state index is -1.32. The molecule has 1 aliphatic heterocycles. The maximum Gasteiger partial charge on any atom is 0.306 e. The normalized spacial score (nSPS) is 20.6. The lowest BCUT2D eigenvalue weighted by Crippen LogP contribution is -2.57. The molecule has 0 aromatic heterocycles. The minimum Gasteiger partial charge on any atom is -0.494 e. The van der Waals surface area contributed by atoms with Crippen LogP contribution in [0.4, 0.5) is 0 Å². The number of amides is 1. The maximum atomic E-state index is 13.7. The van der Waals surface area contributed by atoms with Crippen LogP contribution in [0.3, 0.4) is 0 Å². The summed E-state index contributed by atoms with van der Waals surface area (Å²) >= 11 is 0. The number of rotatable bonds is 11. The first-order chi connectivity index (χ1) is 18.6. The maximum absolute atomic E-state index is 13.7. The first-order valence-corrected chi connectivity index (χ1v) is 13.5. The SMILES string of the molecule is C[C@@H]1OC(c2ccc(OCCCO)cc2)=N[C@]1(CCC(=O)OC(C)(C)C)C(=O)NNC1Cc2ccccc2C1. The third-order valence-corrected chi connectivity index (χ3v) is 6.90. The summed E-state index contributed by atoms with van der Waals surface area (Å²) in [5.74, 6) is 0.245. The Labute approximate surface area is 229 Å². The monoisotopic (exact) mass is 537 g/mol. The van der Waals surface area contributed by atoms with E-state index in [4.69, 9.17) is 24.3 Å². The predicted molar refractivity (Wildman–Crippen MR) is 147 cm³/mol.